The summed E-state index contributed by atoms with van der Waals surface area (Å²) in [6.07, 6.45) is 12.7. The minimum atomic E-state index is -0.285. The molecule has 86 valence electrons. The van der Waals surface area contributed by atoms with Crippen molar-refractivity contribution >= 4 is 5.78 Å². The minimum absolute atomic E-state index is 0.0199. The first-order valence-corrected chi connectivity index (χ1v) is 6.13. The Labute approximate surface area is 92.4 Å². The number of hydrogen-bond donors (Lipinski definition) is 1. The van der Waals surface area contributed by atoms with E-state index in [2.05, 4.69) is 6.08 Å². The summed E-state index contributed by atoms with van der Waals surface area (Å²) < 4.78 is 0. The van der Waals surface area contributed by atoms with Gasteiger partial charge in [0.05, 0.1) is 0 Å². The van der Waals surface area contributed by atoms with Gasteiger partial charge in [0.15, 0.2) is 5.78 Å². The first-order chi connectivity index (χ1) is 7.33. The Bertz CT molecular complexity index is 219. The zero-order valence-electron chi connectivity index (χ0n) is 9.50. The lowest BCUT2D eigenvalue weighted by Crippen LogP contribution is -2.02. The second kappa shape index (κ2) is 7.63. The van der Waals surface area contributed by atoms with Gasteiger partial charge >= 0.3 is 0 Å². The lowest BCUT2D eigenvalue weighted by atomic mass is 10.0. The molecular weight excluding hydrogens is 188 g/mol. The van der Waals surface area contributed by atoms with Crippen LogP contribution >= 0.6 is 0 Å². The number of rotatable bonds is 8. The maximum Gasteiger partial charge on any atom is 0.158 e. The van der Waals surface area contributed by atoms with E-state index in [1.165, 1.54) is 38.5 Å². The molecule has 1 aliphatic rings. The molecule has 0 aromatic rings. The monoisotopic (exact) mass is 210 g/mol. The summed E-state index contributed by atoms with van der Waals surface area (Å²) in [6, 6.07) is 0. The Balaban J connectivity index is 1.86. The van der Waals surface area contributed by atoms with Crippen LogP contribution in [0.4, 0.5) is 0 Å². The Morgan fingerprint density at radius 1 is 1.27 bits per heavy atom. The Hall–Kier alpha value is -0.630. The van der Waals surface area contributed by atoms with E-state index < -0.39 is 0 Å². The first kappa shape index (κ1) is 12.4. The number of unbranched alkanes of at least 4 members (excludes halogenated alkanes) is 3. The molecule has 15 heavy (non-hydrogen) atoms. The van der Waals surface area contributed by atoms with Gasteiger partial charge in [0.25, 0.3) is 0 Å². The predicted octanol–water partition coefficient (Wildman–Crippen LogP) is 3.00. The van der Waals surface area contributed by atoms with Gasteiger partial charge in [-0.1, -0.05) is 24.5 Å². The molecule has 0 saturated carbocycles. The molecule has 0 unspecified atom stereocenters. The van der Waals surface area contributed by atoms with Crippen molar-refractivity contribution in [2.45, 2.75) is 57.8 Å². The topological polar surface area (TPSA) is 37.3 Å². The van der Waals surface area contributed by atoms with E-state index in [0.29, 0.717) is 6.42 Å². The van der Waals surface area contributed by atoms with E-state index in [1.54, 1.807) is 5.57 Å². The van der Waals surface area contributed by atoms with Crippen LogP contribution in [-0.4, -0.2) is 17.5 Å². The van der Waals surface area contributed by atoms with Crippen LogP contribution < -0.4 is 0 Å². The van der Waals surface area contributed by atoms with E-state index in [4.69, 9.17) is 5.11 Å². The van der Waals surface area contributed by atoms with Crippen LogP contribution in [0.2, 0.25) is 0 Å². The number of aliphatic hydroxyl groups is 1. The molecule has 1 N–H and O–H groups in total. The van der Waals surface area contributed by atoms with Gasteiger partial charge in [0.1, 0.15) is 6.61 Å². The van der Waals surface area contributed by atoms with Crippen molar-refractivity contribution < 1.29 is 9.90 Å². The van der Waals surface area contributed by atoms with Crippen molar-refractivity contribution in [3.63, 3.8) is 0 Å². The average molecular weight is 210 g/mol. The molecule has 0 aromatic carbocycles. The molecule has 1 aliphatic carbocycles. The van der Waals surface area contributed by atoms with Crippen LogP contribution in [-0.2, 0) is 4.79 Å². The number of ketones is 1. The fraction of sp³-hybridized carbons (Fsp3) is 0.769. The number of carbonyl (C=O) groups is 1. The summed E-state index contributed by atoms with van der Waals surface area (Å²) in [5.41, 5.74) is 1.64. The zero-order valence-corrected chi connectivity index (χ0v) is 9.50. The van der Waals surface area contributed by atoms with Crippen LogP contribution in [0, 0.1) is 0 Å². The summed E-state index contributed by atoms with van der Waals surface area (Å²) in [7, 11) is 0. The standard InChI is InChI=1S/C13H22O2/c14-11-13(15)10-4-2-1-3-7-12-8-5-6-9-12/h8,14H,1-7,9-11H2. The second-order valence-electron chi connectivity index (χ2n) is 4.37. The van der Waals surface area contributed by atoms with Gasteiger partial charge in [-0.3, -0.25) is 4.79 Å². The molecule has 0 aromatic heterocycles. The molecule has 0 spiro atoms. The molecule has 1 rings (SSSR count). The maximum absolute atomic E-state index is 10.8. The summed E-state index contributed by atoms with van der Waals surface area (Å²) in [6.45, 7) is -0.285. The van der Waals surface area contributed by atoms with Crippen LogP contribution in [0.5, 0.6) is 0 Å². The highest BCUT2D eigenvalue weighted by Gasteiger charge is 2.03. The molecule has 0 saturated heterocycles. The Morgan fingerprint density at radius 3 is 2.73 bits per heavy atom. The van der Waals surface area contributed by atoms with E-state index >= 15 is 0 Å². The van der Waals surface area contributed by atoms with Crippen LogP contribution in [0.3, 0.4) is 0 Å². The third kappa shape index (κ3) is 5.73. The van der Waals surface area contributed by atoms with E-state index in [0.717, 1.165) is 12.8 Å². The first-order valence-electron chi connectivity index (χ1n) is 6.13. The number of aliphatic hydroxyl groups excluding tert-OH is 1. The van der Waals surface area contributed by atoms with Crippen molar-refractivity contribution in [3.05, 3.63) is 11.6 Å². The molecule has 0 atom stereocenters. The van der Waals surface area contributed by atoms with Crippen LogP contribution in [0.15, 0.2) is 11.6 Å². The fourth-order valence-corrected chi connectivity index (χ4v) is 2.07. The quantitative estimate of drug-likeness (QED) is 0.494. The molecule has 0 aliphatic heterocycles. The molecule has 0 heterocycles. The molecule has 0 bridgehead atoms. The number of allylic oxidation sites excluding steroid dienone is 2. The molecule has 0 fully saturated rings. The lowest BCUT2D eigenvalue weighted by Gasteiger charge is -2.02. The highest BCUT2D eigenvalue weighted by Crippen LogP contribution is 2.22. The summed E-state index contributed by atoms with van der Waals surface area (Å²) >= 11 is 0. The van der Waals surface area contributed by atoms with Gasteiger partial charge in [-0.15, -0.1) is 0 Å². The lowest BCUT2D eigenvalue weighted by molar-refractivity contribution is -0.121. The highest BCUT2D eigenvalue weighted by atomic mass is 16.3. The number of hydrogen-bond acceptors (Lipinski definition) is 2. The van der Waals surface area contributed by atoms with Gasteiger partial charge in [-0.2, -0.15) is 0 Å². The van der Waals surface area contributed by atoms with Crippen molar-refractivity contribution in [1.29, 1.82) is 0 Å². The molecule has 2 nitrogen and oxygen atoms in total. The van der Waals surface area contributed by atoms with Crippen LogP contribution in [0.25, 0.3) is 0 Å². The molecule has 0 radical (unpaired) electrons. The smallest absolute Gasteiger partial charge is 0.158 e. The molecule has 2 heteroatoms. The van der Waals surface area contributed by atoms with Gasteiger partial charge < -0.3 is 5.11 Å². The summed E-state index contributed by atoms with van der Waals surface area (Å²) in [5, 5.41) is 8.52. The van der Waals surface area contributed by atoms with Crippen molar-refractivity contribution in [2.24, 2.45) is 0 Å². The molecular formula is C13H22O2. The van der Waals surface area contributed by atoms with Gasteiger partial charge in [0, 0.05) is 6.42 Å². The summed E-state index contributed by atoms with van der Waals surface area (Å²) in [4.78, 5) is 10.8. The number of carbonyl (C=O) groups excluding carboxylic acids is 1. The van der Waals surface area contributed by atoms with Crippen LogP contribution in [0.1, 0.15) is 57.8 Å². The second-order valence-corrected chi connectivity index (χ2v) is 4.37. The Morgan fingerprint density at radius 2 is 2.07 bits per heavy atom. The van der Waals surface area contributed by atoms with Crippen molar-refractivity contribution in [2.75, 3.05) is 6.61 Å². The predicted molar refractivity (Wildman–Crippen MR) is 61.7 cm³/mol. The van der Waals surface area contributed by atoms with Crippen molar-refractivity contribution in [1.82, 2.24) is 0 Å². The fourth-order valence-electron chi connectivity index (χ4n) is 2.07. The largest absolute Gasteiger partial charge is 0.389 e. The van der Waals surface area contributed by atoms with E-state index in [9.17, 15) is 4.79 Å². The van der Waals surface area contributed by atoms with E-state index in [1.807, 2.05) is 0 Å². The van der Waals surface area contributed by atoms with Crippen molar-refractivity contribution in [3.8, 4) is 0 Å². The Kier molecular flexibility index (Phi) is 6.33. The maximum atomic E-state index is 10.8. The zero-order chi connectivity index (χ0) is 10.9. The van der Waals surface area contributed by atoms with Gasteiger partial charge in [0.2, 0.25) is 0 Å². The van der Waals surface area contributed by atoms with E-state index in [-0.39, 0.29) is 12.4 Å². The third-order valence-corrected chi connectivity index (χ3v) is 3.01. The third-order valence-electron chi connectivity index (χ3n) is 3.01. The van der Waals surface area contributed by atoms with Gasteiger partial charge in [-0.05, 0) is 38.5 Å². The molecule has 0 amide bonds. The normalized spacial score (nSPS) is 15.4. The average Bonchev–Trinajstić information content (AvgIpc) is 2.75. The van der Waals surface area contributed by atoms with Gasteiger partial charge in [-0.25, -0.2) is 0 Å². The number of Topliss-reactive ketones (excluding diaryl/α,β-unsaturated/α-hetero) is 1. The highest BCUT2D eigenvalue weighted by molar-refractivity contribution is 5.79. The minimum Gasteiger partial charge on any atom is -0.389 e. The summed E-state index contributed by atoms with van der Waals surface area (Å²) in [5.74, 6) is -0.0199. The SMILES string of the molecule is O=C(CO)CCCCCCC1=CCCC1.